The second-order valence-corrected chi connectivity index (χ2v) is 7.25. The van der Waals surface area contributed by atoms with Crippen LogP contribution in [0.1, 0.15) is 38.1 Å². The molecule has 2 amide bonds. The van der Waals surface area contributed by atoms with Gasteiger partial charge in [0.25, 0.3) is 0 Å². The summed E-state index contributed by atoms with van der Waals surface area (Å²) >= 11 is 0. The minimum atomic E-state index is -0.278. The molecule has 8 nitrogen and oxygen atoms in total. The van der Waals surface area contributed by atoms with Crippen LogP contribution in [0.5, 0.6) is 11.5 Å². The molecule has 1 aliphatic rings. The largest absolute Gasteiger partial charge is 0.497 e. The number of anilines is 1. The normalized spacial score (nSPS) is 16.1. The highest BCUT2D eigenvalue weighted by atomic mass is 16.5. The molecule has 0 aliphatic carbocycles. The van der Waals surface area contributed by atoms with E-state index >= 15 is 0 Å². The number of amides is 2. The van der Waals surface area contributed by atoms with Crippen LogP contribution < -0.4 is 14.8 Å². The molecule has 1 saturated heterocycles. The van der Waals surface area contributed by atoms with Crippen molar-refractivity contribution in [2.45, 2.75) is 32.2 Å². The van der Waals surface area contributed by atoms with Gasteiger partial charge in [-0.25, -0.2) is 4.79 Å². The standard InChI is InChI=1S/C23H26N4O4/c1-3-30-20-13-5-4-11-18(20)24-23(28)27-14-7-6-12-19(27)22-25-21(26-31-22)16-9-8-10-17(15-16)29-2/h4-5,8-11,13,15,19H,3,6-7,12,14H2,1-2H3,(H,24,28)/t19-/m0/s1. The number of likely N-dealkylation sites (tertiary alicyclic amines) is 1. The van der Waals surface area contributed by atoms with E-state index in [0.29, 0.717) is 36.3 Å². The van der Waals surface area contributed by atoms with Crippen molar-refractivity contribution in [2.24, 2.45) is 0 Å². The molecule has 2 aromatic carbocycles. The number of carbonyl (C=O) groups is 1. The fourth-order valence-electron chi connectivity index (χ4n) is 3.72. The molecule has 1 aliphatic heterocycles. The fourth-order valence-corrected chi connectivity index (χ4v) is 3.72. The molecule has 3 aromatic rings. The second kappa shape index (κ2) is 9.51. The molecule has 1 N–H and O–H groups in total. The van der Waals surface area contributed by atoms with Gasteiger partial charge in [-0.1, -0.05) is 29.4 Å². The van der Waals surface area contributed by atoms with E-state index in [1.165, 1.54) is 0 Å². The number of benzene rings is 2. The first-order chi connectivity index (χ1) is 15.2. The summed E-state index contributed by atoms with van der Waals surface area (Å²) in [6.07, 6.45) is 2.68. The predicted octanol–water partition coefficient (Wildman–Crippen LogP) is 4.90. The van der Waals surface area contributed by atoms with E-state index in [1.807, 2.05) is 55.5 Å². The Kier molecular flexibility index (Phi) is 6.35. The zero-order valence-electron chi connectivity index (χ0n) is 17.7. The average Bonchev–Trinajstić information content (AvgIpc) is 3.31. The van der Waals surface area contributed by atoms with Crippen LogP contribution in [0, 0.1) is 0 Å². The first-order valence-corrected chi connectivity index (χ1v) is 10.5. The third-order valence-electron chi connectivity index (χ3n) is 5.25. The SMILES string of the molecule is CCOc1ccccc1NC(=O)N1CCCC[C@H]1c1nc(-c2cccc(OC)c2)no1. The molecule has 1 aromatic heterocycles. The molecule has 4 rings (SSSR count). The quantitative estimate of drug-likeness (QED) is 0.607. The van der Waals surface area contributed by atoms with Crippen LogP contribution in [0.15, 0.2) is 53.1 Å². The highest BCUT2D eigenvalue weighted by Gasteiger charge is 2.32. The van der Waals surface area contributed by atoms with E-state index in [2.05, 4.69) is 15.5 Å². The molecule has 0 radical (unpaired) electrons. The number of hydrogen-bond donors (Lipinski definition) is 1. The Morgan fingerprint density at radius 1 is 1.23 bits per heavy atom. The van der Waals surface area contributed by atoms with Crippen LogP contribution in [0.25, 0.3) is 11.4 Å². The summed E-state index contributed by atoms with van der Waals surface area (Å²) < 4.78 is 16.5. The van der Waals surface area contributed by atoms with Gasteiger partial charge in [-0.15, -0.1) is 0 Å². The van der Waals surface area contributed by atoms with Crippen LogP contribution in [0.4, 0.5) is 10.5 Å². The Morgan fingerprint density at radius 2 is 2.10 bits per heavy atom. The summed E-state index contributed by atoms with van der Waals surface area (Å²) in [6, 6.07) is 14.4. The Morgan fingerprint density at radius 3 is 2.94 bits per heavy atom. The molecule has 2 heterocycles. The number of piperidine rings is 1. The first-order valence-electron chi connectivity index (χ1n) is 10.5. The molecular weight excluding hydrogens is 396 g/mol. The number of carbonyl (C=O) groups excluding carboxylic acids is 1. The van der Waals surface area contributed by atoms with Gasteiger partial charge in [0.15, 0.2) is 0 Å². The molecule has 162 valence electrons. The lowest BCUT2D eigenvalue weighted by molar-refractivity contribution is 0.142. The minimum absolute atomic E-state index is 0.210. The molecular formula is C23H26N4O4. The molecule has 0 saturated carbocycles. The number of urea groups is 1. The van der Waals surface area contributed by atoms with Crippen molar-refractivity contribution in [1.29, 1.82) is 0 Å². The van der Waals surface area contributed by atoms with E-state index < -0.39 is 0 Å². The van der Waals surface area contributed by atoms with Crippen molar-refractivity contribution in [2.75, 3.05) is 25.6 Å². The number of ether oxygens (including phenoxy) is 2. The van der Waals surface area contributed by atoms with Gasteiger partial charge in [-0.3, -0.25) is 0 Å². The van der Waals surface area contributed by atoms with E-state index in [9.17, 15) is 4.79 Å². The number of aromatic nitrogens is 2. The zero-order chi connectivity index (χ0) is 21.6. The highest BCUT2D eigenvalue weighted by Crippen LogP contribution is 2.33. The molecule has 31 heavy (non-hydrogen) atoms. The van der Waals surface area contributed by atoms with Gasteiger partial charge in [0.2, 0.25) is 11.7 Å². The number of rotatable bonds is 6. The summed E-state index contributed by atoms with van der Waals surface area (Å²) in [4.78, 5) is 19.5. The van der Waals surface area contributed by atoms with Crippen LogP contribution in [-0.2, 0) is 0 Å². The lowest BCUT2D eigenvalue weighted by atomic mass is 10.0. The molecule has 0 bridgehead atoms. The fraction of sp³-hybridized carbons (Fsp3) is 0.348. The first kappa shape index (κ1) is 20.7. The smallest absolute Gasteiger partial charge is 0.322 e. The average molecular weight is 422 g/mol. The zero-order valence-corrected chi connectivity index (χ0v) is 17.7. The van der Waals surface area contributed by atoms with Crippen molar-refractivity contribution >= 4 is 11.7 Å². The van der Waals surface area contributed by atoms with Crippen LogP contribution in [-0.4, -0.2) is 41.3 Å². The van der Waals surface area contributed by atoms with Gasteiger partial charge in [-0.05, 0) is 50.5 Å². The summed E-state index contributed by atoms with van der Waals surface area (Å²) in [6.45, 7) is 3.05. The molecule has 1 atom stereocenters. The predicted molar refractivity (Wildman–Crippen MR) is 116 cm³/mol. The number of methoxy groups -OCH3 is 1. The van der Waals surface area contributed by atoms with Crippen molar-refractivity contribution in [1.82, 2.24) is 15.0 Å². The molecule has 8 heteroatoms. The Labute approximate surface area is 181 Å². The summed E-state index contributed by atoms with van der Waals surface area (Å²) in [5.74, 6) is 2.27. The lowest BCUT2D eigenvalue weighted by Crippen LogP contribution is -2.41. The maximum Gasteiger partial charge on any atom is 0.322 e. The molecule has 1 fully saturated rings. The lowest BCUT2D eigenvalue weighted by Gasteiger charge is -2.33. The Balaban J connectivity index is 1.54. The summed E-state index contributed by atoms with van der Waals surface area (Å²) in [5, 5.41) is 7.11. The van der Waals surface area contributed by atoms with Crippen molar-refractivity contribution < 1.29 is 18.8 Å². The van der Waals surface area contributed by atoms with Crippen LogP contribution in [0.2, 0.25) is 0 Å². The number of hydrogen-bond acceptors (Lipinski definition) is 6. The third kappa shape index (κ3) is 4.63. The monoisotopic (exact) mass is 422 g/mol. The maximum atomic E-state index is 13.1. The number of para-hydroxylation sites is 2. The summed E-state index contributed by atoms with van der Waals surface area (Å²) in [7, 11) is 1.61. The molecule has 0 spiro atoms. The second-order valence-electron chi connectivity index (χ2n) is 7.25. The van der Waals surface area contributed by atoms with Crippen molar-refractivity contribution in [3.05, 3.63) is 54.4 Å². The third-order valence-corrected chi connectivity index (χ3v) is 5.25. The van der Waals surface area contributed by atoms with E-state index in [-0.39, 0.29) is 12.1 Å². The Hall–Kier alpha value is -3.55. The van der Waals surface area contributed by atoms with E-state index in [4.69, 9.17) is 14.0 Å². The van der Waals surface area contributed by atoms with Crippen LogP contribution in [0.3, 0.4) is 0 Å². The van der Waals surface area contributed by atoms with Crippen molar-refractivity contribution in [3.63, 3.8) is 0 Å². The summed E-state index contributed by atoms with van der Waals surface area (Å²) in [5.41, 5.74) is 1.44. The van der Waals surface area contributed by atoms with Gasteiger partial charge < -0.3 is 24.2 Å². The van der Waals surface area contributed by atoms with Gasteiger partial charge in [0.05, 0.1) is 19.4 Å². The van der Waals surface area contributed by atoms with Gasteiger partial charge in [-0.2, -0.15) is 4.98 Å². The van der Waals surface area contributed by atoms with Gasteiger partial charge in [0, 0.05) is 12.1 Å². The van der Waals surface area contributed by atoms with Gasteiger partial charge >= 0.3 is 6.03 Å². The maximum absolute atomic E-state index is 13.1. The Bertz CT molecular complexity index is 1040. The van der Waals surface area contributed by atoms with E-state index in [0.717, 1.165) is 30.6 Å². The van der Waals surface area contributed by atoms with Crippen LogP contribution >= 0.6 is 0 Å². The van der Waals surface area contributed by atoms with Gasteiger partial charge in [0.1, 0.15) is 17.5 Å². The molecule has 0 unspecified atom stereocenters. The highest BCUT2D eigenvalue weighted by molar-refractivity contribution is 5.91. The number of nitrogens with zero attached hydrogens (tertiary/aromatic N) is 3. The van der Waals surface area contributed by atoms with E-state index in [1.54, 1.807) is 12.0 Å². The minimum Gasteiger partial charge on any atom is -0.497 e. The number of nitrogens with one attached hydrogen (secondary N) is 1. The van der Waals surface area contributed by atoms with Crippen molar-refractivity contribution in [3.8, 4) is 22.9 Å². The topological polar surface area (TPSA) is 89.7 Å².